The Morgan fingerprint density at radius 1 is 1.15 bits per heavy atom. The lowest BCUT2D eigenvalue weighted by molar-refractivity contribution is 0.689. The second-order valence-electron chi connectivity index (χ2n) is 5.02. The standard InChI is InChI=1S/C16H18N4/c1-11-15(10-20(3)19-11)16(17-2)14-9-18-8-12-6-4-5-7-13(12)14/h4-10,16-17H,1-3H3. The normalized spacial score (nSPS) is 12.8. The summed E-state index contributed by atoms with van der Waals surface area (Å²) in [5.74, 6) is 0. The number of hydrogen-bond donors (Lipinski definition) is 1. The summed E-state index contributed by atoms with van der Waals surface area (Å²) in [5.41, 5.74) is 3.41. The first-order valence-electron chi connectivity index (χ1n) is 6.70. The molecule has 1 N–H and O–H groups in total. The fourth-order valence-corrected chi connectivity index (χ4v) is 2.75. The maximum atomic E-state index is 4.44. The van der Waals surface area contributed by atoms with Gasteiger partial charge < -0.3 is 5.32 Å². The van der Waals surface area contributed by atoms with E-state index < -0.39 is 0 Å². The average Bonchev–Trinajstić information content (AvgIpc) is 2.79. The van der Waals surface area contributed by atoms with E-state index >= 15 is 0 Å². The van der Waals surface area contributed by atoms with Gasteiger partial charge in [0.15, 0.2) is 0 Å². The molecule has 102 valence electrons. The Hall–Kier alpha value is -2.20. The number of rotatable bonds is 3. The Bertz CT molecular complexity index is 740. The molecule has 0 spiro atoms. The van der Waals surface area contributed by atoms with E-state index in [4.69, 9.17) is 0 Å². The van der Waals surface area contributed by atoms with E-state index in [-0.39, 0.29) is 6.04 Å². The van der Waals surface area contributed by atoms with Crippen molar-refractivity contribution in [1.82, 2.24) is 20.1 Å². The highest BCUT2D eigenvalue weighted by molar-refractivity contribution is 5.85. The van der Waals surface area contributed by atoms with Crippen LogP contribution in [-0.4, -0.2) is 21.8 Å². The van der Waals surface area contributed by atoms with Gasteiger partial charge in [-0.2, -0.15) is 5.10 Å². The number of fused-ring (bicyclic) bond motifs is 1. The van der Waals surface area contributed by atoms with Crippen LogP contribution in [0.15, 0.2) is 42.9 Å². The molecule has 3 rings (SSSR count). The third-order valence-electron chi connectivity index (χ3n) is 3.66. The summed E-state index contributed by atoms with van der Waals surface area (Å²) in [6.07, 6.45) is 5.91. The van der Waals surface area contributed by atoms with Crippen LogP contribution in [-0.2, 0) is 7.05 Å². The highest BCUT2D eigenvalue weighted by Gasteiger charge is 2.19. The van der Waals surface area contributed by atoms with Crippen molar-refractivity contribution in [2.75, 3.05) is 7.05 Å². The molecule has 0 bridgehead atoms. The average molecular weight is 266 g/mol. The Kier molecular flexibility index (Phi) is 3.24. The van der Waals surface area contributed by atoms with Crippen molar-refractivity contribution in [3.8, 4) is 0 Å². The van der Waals surface area contributed by atoms with Crippen molar-refractivity contribution in [3.05, 3.63) is 59.7 Å². The van der Waals surface area contributed by atoms with E-state index in [1.165, 1.54) is 16.5 Å². The van der Waals surface area contributed by atoms with Crippen molar-refractivity contribution in [3.63, 3.8) is 0 Å². The molecular weight excluding hydrogens is 248 g/mol. The molecule has 0 aliphatic carbocycles. The van der Waals surface area contributed by atoms with Crippen LogP contribution in [0.4, 0.5) is 0 Å². The minimum atomic E-state index is 0.0994. The first-order chi connectivity index (χ1) is 9.70. The lowest BCUT2D eigenvalue weighted by atomic mass is 9.96. The predicted octanol–water partition coefficient (Wildman–Crippen LogP) is 2.59. The van der Waals surface area contributed by atoms with Crippen LogP contribution >= 0.6 is 0 Å². The second kappa shape index (κ2) is 5.06. The lowest BCUT2D eigenvalue weighted by Crippen LogP contribution is -2.18. The van der Waals surface area contributed by atoms with Gasteiger partial charge in [-0.3, -0.25) is 9.67 Å². The van der Waals surface area contributed by atoms with Gasteiger partial charge in [-0.15, -0.1) is 0 Å². The van der Waals surface area contributed by atoms with Gasteiger partial charge in [-0.25, -0.2) is 0 Å². The number of nitrogens with one attached hydrogen (secondary N) is 1. The largest absolute Gasteiger partial charge is 0.309 e. The van der Waals surface area contributed by atoms with Crippen LogP contribution in [0.1, 0.15) is 22.9 Å². The molecule has 20 heavy (non-hydrogen) atoms. The van der Waals surface area contributed by atoms with Gasteiger partial charge in [-0.05, 0) is 24.9 Å². The molecule has 0 saturated carbocycles. The number of aromatic nitrogens is 3. The molecule has 1 aromatic carbocycles. The SMILES string of the molecule is CNC(c1cn(C)nc1C)c1cncc2ccccc12. The summed E-state index contributed by atoms with van der Waals surface area (Å²) in [6.45, 7) is 2.04. The molecule has 0 aliphatic heterocycles. The predicted molar refractivity (Wildman–Crippen MR) is 80.6 cm³/mol. The smallest absolute Gasteiger partial charge is 0.0644 e. The van der Waals surface area contributed by atoms with E-state index in [2.05, 4.69) is 39.8 Å². The monoisotopic (exact) mass is 266 g/mol. The number of aryl methyl sites for hydroxylation is 2. The molecule has 1 atom stereocenters. The van der Waals surface area contributed by atoms with E-state index in [1.807, 2.05) is 44.2 Å². The summed E-state index contributed by atoms with van der Waals surface area (Å²) in [6, 6.07) is 8.44. The molecule has 1 unspecified atom stereocenters. The minimum absolute atomic E-state index is 0.0994. The Labute approximate surface area is 118 Å². The Morgan fingerprint density at radius 3 is 2.65 bits per heavy atom. The van der Waals surface area contributed by atoms with E-state index in [0.717, 1.165) is 11.1 Å². The number of benzene rings is 1. The summed E-state index contributed by atoms with van der Waals surface area (Å²) in [5, 5.41) is 10.2. The van der Waals surface area contributed by atoms with E-state index in [0.29, 0.717) is 0 Å². The summed E-state index contributed by atoms with van der Waals surface area (Å²) < 4.78 is 1.85. The second-order valence-corrected chi connectivity index (χ2v) is 5.02. The fraction of sp³-hybridized carbons (Fsp3) is 0.250. The molecular formula is C16H18N4. The molecule has 0 saturated heterocycles. The van der Waals surface area contributed by atoms with Gasteiger partial charge in [-0.1, -0.05) is 24.3 Å². The first kappa shape index (κ1) is 12.8. The summed E-state index contributed by atoms with van der Waals surface area (Å²) >= 11 is 0. The van der Waals surface area contributed by atoms with Gasteiger partial charge in [0.05, 0.1) is 11.7 Å². The molecule has 0 fully saturated rings. The highest BCUT2D eigenvalue weighted by atomic mass is 15.3. The van der Waals surface area contributed by atoms with E-state index in [1.54, 1.807) is 0 Å². The first-order valence-corrected chi connectivity index (χ1v) is 6.70. The summed E-state index contributed by atoms with van der Waals surface area (Å²) in [4.78, 5) is 4.38. The van der Waals surface area contributed by atoms with Crippen LogP contribution in [0.2, 0.25) is 0 Å². The lowest BCUT2D eigenvalue weighted by Gasteiger charge is -2.17. The van der Waals surface area contributed by atoms with Crippen molar-refractivity contribution >= 4 is 10.8 Å². The molecule has 0 radical (unpaired) electrons. The molecule has 2 aromatic heterocycles. The molecule has 2 heterocycles. The Morgan fingerprint density at radius 2 is 1.95 bits per heavy atom. The molecule has 4 heteroatoms. The van der Waals surface area contributed by atoms with Crippen molar-refractivity contribution in [1.29, 1.82) is 0 Å². The van der Waals surface area contributed by atoms with Gasteiger partial charge in [0.1, 0.15) is 0 Å². The van der Waals surface area contributed by atoms with Crippen molar-refractivity contribution in [2.24, 2.45) is 7.05 Å². The van der Waals surface area contributed by atoms with Gasteiger partial charge >= 0.3 is 0 Å². The number of pyridine rings is 1. The van der Waals surface area contributed by atoms with Crippen molar-refractivity contribution in [2.45, 2.75) is 13.0 Å². The minimum Gasteiger partial charge on any atom is -0.309 e. The van der Waals surface area contributed by atoms with Crippen LogP contribution in [0.25, 0.3) is 10.8 Å². The maximum absolute atomic E-state index is 4.44. The van der Waals surface area contributed by atoms with Crippen LogP contribution in [0.3, 0.4) is 0 Å². The molecule has 0 aliphatic rings. The maximum Gasteiger partial charge on any atom is 0.0644 e. The van der Waals surface area contributed by atoms with Crippen LogP contribution < -0.4 is 5.32 Å². The van der Waals surface area contributed by atoms with Crippen LogP contribution in [0.5, 0.6) is 0 Å². The third-order valence-corrected chi connectivity index (χ3v) is 3.66. The van der Waals surface area contributed by atoms with Crippen molar-refractivity contribution < 1.29 is 0 Å². The zero-order chi connectivity index (χ0) is 14.1. The Balaban J connectivity index is 2.19. The third kappa shape index (κ3) is 2.08. The van der Waals surface area contributed by atoms with E-state index in [9.17, 15) is 0 Å². The van der Waals surface area contributed by atoms with Gasteiger partial charge in [0.25, 0.3) is 0 Å². The van der Waals surface area contributed by atoms with Gasteiger partial charge in [0, 0.05) is 36.6 Å². The number of nitrogens with zero attached hydrogens (tertiary/aromatic N) is 3. The topological polar surface area (TPSA) is 42.7 Å². The molecule has 0 amide bonds. The fourth-order valence-electron chi connectivity index (χ4n) is 2.75. The zero-order valence-corrected chi connectivity index (χ0v) is 12.0. The highest BCUT2D eigenvalue weighted by Crippen LogP contribution is 2.29. The quantitative estimate of drug-likeness (QED) is 0.792. The van der Waals surface area contributed by atoms with Gasteiger partial charge in [0.2, 0.25) is 0 Å². The zero-order valence-electron chi connectivity index (χ0n) is 12.0. The molecule has 3 aromatic rings. The van der Waals surface area contributed by atoms with Crippen LogP contribution in [0, 0.1) is 6.92 Å². The summed E-state index contributed by atoms with van der Waals surface area (Å²) in [7, 11) is 3.92. The number of hydrogen-bond acceptors (Lipinski definition) is 3. The molecule has 4 nitrogen and oxygen atoms in total.